The van der Waals surface area contributed by atoms with E-state index in [2.05, 4.69) is 4.98 Å². The van der Waals surface area contributed by atoms with Gasteiger partial charge in [-0.15, -0.1) is 0 Å². The van der Waals surface area contributed by atoms with Crippen LogP contribution in [0.5, 0.6) is 0 Å². The van der Waals surface area contributed by atoms with E-state index in [9.17, 15) is 9.18 Å². The number of nitrogens with zero attached hydrogens (tertiary/aromatic N) is 1. The predicted molar refractivity (Wildman–Crippen MR) is 59.4 cm³/mol. The molecule has 0 aliphatic carbocycles. The molecule has 0 saturated carbocycles. The number of carbonyl (C=O) groups excluding carboxylic acids is 1. The van der Waals surface area contributed by atoms with Crippen molar-refractivity contribution in [2.45, 2.75) is 0 Å². The van der Waals surface area contributed by atoms with Crippen molar-refractivity contribution in [3.63, 3.8) is 0 Å². The van der Waals surface area contributed by atoms with Crippen LogP contribution in [0.25, 0.3) is 11.1 Å². The number of hydrogen-bond acceptors (Lipinski definition) is 3. The van der Waals surface area contributed by atoms with Crippen molar-refractivity contribution in [2.75, 3.05) is 5.73 Å². The van der Waals surface area contributed by atoms with E-state index in [0.29, 0.717) is 17.4 Å². The molecule has 0 radical (unpaired) electrons. The highest BCUT2D eigenvalue weighted by molar-refractivity contribution is 5.85. The molecule has 16 heavy (non-hydrogen) atoms. The van der Waals surface area contributed by atoms with E-state index >= 15 is 0 Å². The van der Waals surface area contributed by atoms with Crippen molar-refractivity contribution in [2.24, 2.45) is 0 Å². The average molecular weight is 216 g/mol. The van der Waals surface area contributed by atoms with Crippen molar-refractivity contribution < 1.29 is 9.18 Å². The molecule has 0 saturated heterocycles. The molecule has 0 fully saturated rings. The number of nitrogen functional groups attached to an aromatic ring is 1. The van der Waals surface area contributed by atoms with Gasteiger partial charge < -0.3 is 5.73 Å². The first-order chi connectivity index (χ1) is 7.70. The summed E-state index contributed by atoms with van der Waals surface area (Å²) in [4.78, 5) is 14.7. The van der Waals surface area contributed by atoms with Crippen LogP contribution in [0.4, 0.5) is 10.2 Å². The quantitative estimate of drug-likeness (QED) is 0.783. The Kier molecular flexibility index (Phi) is 2.64. The first-order valence-electron chi connectivity index (χ1n) is 4.68. The van der Waals surface area contributed by atoms with E-state index in [1.54, 1.807) is 24.3 Å². The molecule has 2 rings (SSSR count). The molecule has 0 unspecified atom stereocenters. The van der Waals surface area contributed by atoms with Crippen molar-refractivity contribution >= 4 is 12.1 Å². The largest absolute Gasteiger partial charge is 0.384 e. The second kappa shape index (κ2) is 4.10. The van der Waals surface area contributed by atoms with Gasteiger partial charge in [0.1, 0.15) is 17.3 Å². The predicted octanol–water partition coefficient (Wildman–Crippen LogP) is 2.28. The number of halogens is 1. The van der Waals surface area contributed by atoms with E-state index in [0.717, 1.165) is 0 Å². The van der Waals surface area contributed by atoms with Crippen LogP contribution in [0, 0.1) is 5.82 Å². The summed E-state index contributed by atoms with van der Waals surface area (Å²) in [6, 6.07) is 9.21. The fourth-order valence-corrected chi connectivity index (χ4v) is 1.48. The number of pyridine rings is 1. The van der Waals surface area contributed by atoms with Crippen molar-refractivity contribution in [1.82, 2.24) is 4.98 Å². The molecule has 0 atom stereocenters. The Balaban J connectivity index is 2.59. The van der Waals surface area contributed by atoms with Gasteiger partial charge in [-0.05, 0) is 29.8 Å². The molecule has 2 N–H and O–H groups in total. The minimum Gasteiger partial charge on any atom is -0.384 e. The summed E-state index contributed by atoms with van der Waals surface area (Å²) in [6.07, 6.45) is 0.608. The highest BCUT2D eigenvalue weighted by atomic mass is 19.1. The van der Waals surface area contributed by atoms with Crippen LogP contribution >= 0.6 is 0 Å². The molecule has 1 heterocycles. The molecule has 0 spiro atoms. The molecule has 1 aromatic carbocycles. The lowest BCUT2D eigenvalue weighted by Crippen LogP contribution is -1.97. The molecular weight excluding hydrogens is 207 g/mol. The number of rotatable bonds is 2. The number of aldehydes is 1. The van der Waals surface area contributed by atoms with E-state index < -0.39 is 0 Å². The van der Waals surface area contributed by atoms with Crippen LogP contribution in [0.3, 0.4) is 0 Å². The topological polar surface area (TPSA) is 56.0 Å². The van der Waals surface area contributed by atoms with Gasteiger partial charge in [-0.25, -0.2) is 9.37 Å². The normalized spacial score (nSPS) is 10.1. The maximum atomic E-state index is 13.0. The minimum atomic E-state index is -0.355. The van der Waals surface area contributed by atoms with Gasteiger partial charge in [-0.2, -0.15) is 0 Å². The highest BCUT2D eigenvalue weighted by Gasteiger charge is 2.06. The summed E-state index contributed by atoms with van der Waals surface area (Å²) in [5.74, 6) is -0.0894. The molecule has 0 aliphatic rings. The third-order valence-corrected chi connectivity index (χ3v) is 2.19. The Bertz CT molecular complexity index is 540. The van der Waals surface area contributed by atoms with E-state index in [-0.39, 0.29) is 17.3 Å². The van der Waals surface area contributed by atoms with Crippen LogP contribution in [0.15, 0.2) is 36.4 Å². The second-order valence-electron chi connectivity index (χ2n) is 3.30. The Hall–Kier alpha value is -2.23. The maximum Gasteiger partial charge on any atom is 0.169 e. The molecule has 3 nitrogen and oxygen atoms in total. The number of hydrogen-bond donors (Lipinski definition) is 1. The van der Waals surface area contributed by atoms with Gasteiger partial charge in [0.25, 0.3) is 0 Å². The third kappa shape index (κ3) is 1.91. The molecule has 2 aromatic rings. The third-order valence-electron chi connectivity index (χ3n) is 2.19. The summed E-state index contributed by atoms with van der Waals surface area (Å²) >= 11 is 0. The molecule has 0 aliphatic heterocycles. The Labute approximate surface area is 91.7 Å². The Morgan fingerprint density at radius 1 is 1.25 bits per heavy atom. The average Bonchev–Trinajstić information content (AvgIpc) is 2.28. The molecular formula is C12H9FN2O. The maximum absolute atomic E-state index is 13.0. The first-order valence-corrected chi connectivity index (χ1v) is 4.68. The van der Waals surface area contributed by atoms with Crippen LogP contribution < -0.4 is 5.73 Å². The summed E-state index contributed by atoms with van der Waals surface area (Å²) in [5, 5.41) is 0. The Morgan fingerprint density at radius 2 is 2.06 bits per heavy atom. The van der Waals surface area contributed by atoms with Gasteiger partial charge in [0, 0.05) is 5.56 Å². The number of carbonyl (C=O) groups is 1. The summed E-state index contributed by atoms with van der Waals surface area (Å²) in [7, 11) is 0. The molecule has 80 valence electrons. The standard InChI is InChI=1S/C12H9FN2O/c13-9-3-1-2-8(6-9)10-4-5-12(14)15-11(10)7-16/h1-7H,(H2,14,15). The summed E-state index contributed by atoms with van der Waals surface area (Å²) in [6.45, 7) is 0. The SMILES string of the molecule is Nc1ccc(-c2cccc(F)c2)c(C=O)n1. The van der Waals surface area contributed by atoms with Gasteiger partial charge in [-0.1, -0.05) is 12.1 Å². The van der Waals surface area contributed by atoms with Gasteiger partial charge in [0.05, 0.1) is 0 Å². The molecule has 0 amide bonds. The Morgan fingerprint density at radius 3 is 2.75 bits per heavy atom. The number of anilines is 1. The summed E-state index contributed by atoms with van der Waals surface area (Å²) in [5.41, 5.74) is 6.86. The van der Waals surface area contributed by atoms with Gasteiger partial charge in [-0.3, -0.25) is 4.79 Å². The van der Waals surface area contributed by atoms with Gasteiger partial charge >= 0.3 is 0 Å². The number of nitrogens with two attached hydrogens (primary N) is 1. The van der Waals surface area contributed by atoms with E-state index in [1.807, 2.05) is 0 Å². The van der Waals surface area contributed by atoms with Crippen molar-refractivity contribution in [1.29, 1.82) is 0 Å². The summed E-state index contributed by atoms with van der Waals surface area (Å²) < 4.78 is 13.0. The van der Waals surface area contributed by atoms with E-state index in [4.69, 9.17) is 5.73 Å². The lowest BCUT2D eigenvalue weighted by atomic mass is 10.0. The zero-order chi connectivity index (χ0) is 11.5. The fourth-order valence-electron chi connectivity index (χ4n) is 1.48. The number of aromatic nitrogens is 1. The molecule has 4 heteroatoms. The van der Waals surface area contributed by atoms with Gasteiger partial charge in [0.2, 0.25) is 0 Å². The van der Waals surface area contributed by atoms with E-state index in [1.165, 1.54) is 12.1 Å². The lowest BCUT2D eigenvalue weighted by molar-refractivity contribution is 0.112. The minimum absolute atomic E-state index is 0.214. The van der Waals surface area contributed by atoms with Crippen LogP contribution in [-0.4, -0.2) is 11.3 Å². The highest BCUT2D eigenvalue weighted by Crippen LogP contribution is 2.23. The van der Waals surface area contributed by atoms with Crippen LogP contribution in [-0.2, 0) is 0 Å². The molecule has 1 aromatic heterocycles. The lowest BCUT2D eigenvalue weighted by Gasteiger charge is -2.05. The second-order valence-corrected chi connectivity index (χ2v) is 3.30. The van der Waals surface area contributed by atoms with Crippen molar-refractivity contribution in [3.05, 3.63) is 47.9 Å². The van der Waals surface area contributed by atoms with Gasteiger partial charge in [0.15, 0.2) is 6.29 Å². The van der Waals surface area contributed by atoms with Crippen LogP contribution in [0.2, 0.25) is 0 Å². The molecule has 0 bridgehead atoms. The zero-order valence-corrected chi connectivity index (χ0v) is 8.35. The van der Waals surface area contributed by atoms with Crippen molar-refractivity contribution in [3.8, 4) is 11.1 Å². The van der Waals surface area contributed by atoms with Crippen LogP contribution in [0.1, 0.15) is 10.5 Å². The monoisotopic (exact) mass is 216 g/mol. The number of benzene rings is 1. The smallest absolute Gasteiger partial charge is 0.169 e. The zero-order valence-electron chi connectivity index (χ0n) is 8.35. The fraction of sp³-hybridized carbons (Fsp3) is 0. The first kappa shape index (κ1) is 10.3.